The topological polar surface area (TPSA) is 181 Å². The lowest BCUT2D eigenvalue weighted by atomic mass is 10.2. The number of rotatable bonds is 4. The van der Waals surface area contributed by atoms with Gasteiger partial charge in [0.2, 0.25) is 5.75 Å². The van der Waals surface area contributed by atoms with Crippen LogP contribution >= 0.6 is 0 Å². The third-order valence-corrected chi connectivity index (χ3v) is 2.94. The molecule has 0 aliphatic carbocycles. The first-order valence-electron chi connectivity index (χ1n) is 4.04. The highest BCUT2D eigenvalue weighted by Gasteiger charge is 2.22. The van der Waals surface area contributed by atoms with Crippen molar-refractivity contribution in [2.75, 3.05) is 5.73 Å². The van der Waals surface area contributed by atoms with Gasteiger partial charge in [-0.3, -0.25) is 25.1 Å². The molecule has 1 aromatic carbocycles. The molecule has 0 aliphatic rings. The SMILES string of the molecule is Nc1cc(S(=O)(=O)[N-][N+](=O)[O-])cc([N+](=O)[O-])c1O. The number of nitrogens with two attached hydrogens (primary N) is 1. The lowest BCUT2D eigenvalue weighted by Gasteiger charge is -2.11. The van der Waals surface area contributed by atoms with Crippen LogP contribution in [0.3, 0.4) is 0 Å². The molecule has 0 saturated carbocycles. The number of benzene rings is 1. The number of nitrogens with zero attached hydrogens (tertiary/aromatic N) is 3. The quantitative estimate of drug-likeness (QED) is 0.337. The fraction of sp³-hybridized carbons (Fsp3) is 0. The molecular weight excluding hydrogens is 272 g/mol. The molecule has 11 nitrogen and oxygen atoms in total. The van der Waals surface area contributed by atoms with E-state index < -0.39 is 42.0 Å². The monoisotopic (exact) mass is 277 g/mol. The lowest BCUT2D eigenvalue weighted by molar-refractivity contribution is -0.412. The summed E-state index contributed by atoms with van der Waals surface area (Å²) < 4.78 is 22.6. The van der Waals surface area contributed by atoms with Gasteiger partial charge in [-0.25, -0.2) is 8.42 Å². The average molecular weight is 277 g/mol. The number of nitrogen functional groups attached to an aromatic ring is 1. The number of hydrogen-bond donors (Lipinski definition) is 2. The highest BCUT2D eigenvalue weighted by molar-refractivity contribution is 7.93. The van der Waals surface area contributed by atoms with Crippen LogP contribution in [0.5, 0.6) is 5.75 Å². The number of phenols is 1. The Morgan fingerprint density at radius 3 is 2.28 bits per heavy atom. The largest absolute Gasteiger partial charge is 0.501 e. The number of phenolic OH excluding ortho intramolecular Hbond substituents is 1. The summed E-state index contributed by atoms with van der Waals surface area (Å²) in [6, 6.07) is 1.05. The van der Waals surface area contributed by atoms with E-state index in [0.29, 0.717) is 12.1 Å². The molecule has 0 spiro atoms. The summed E-state index contributed by atoms with van der Waals surface area (Å²) in [5, 5.41) is 28.3. The van der Waals surface area contributed by atoms with E-state index in [1.54, 1.807) is 0 Å². The molecule has 0 atom stereocenters. The maximum atomic E-state index is 11.3. The fourth-order valence-corrected chi connectivity index (χ4v) is 1.84. The van der Waals surface area contributed by atoms with E-state index >= 15 is 0 Å². The van der Waals surface area contributed by atoms with E-state index in [1.165, 1.54) is 0 Å². The second-order valence-electron chi connectivity index (χ2n) is 2.93. The molecule has 0 aliphatic heterocycles. The highest BCUT2D eigenvalue weighted by Crippen LogP contribution is 2.35. The van der Waals surface area contributed by atoms with Crippen LogP contribution < -0.4 is 5.73 Å². The summed E-state index contributed by atoms with van der Waals surface area (Å²) in [6.45, 7) is 0. The van der Waals surface area contributed by atoms with Gasteiger partial charge in [-0.05, 0) is 11.1 Å². The Bertz CT molecular complexity index is 625. The lowest BCUT2D eigenvalue weighted by Crippen LogP contribution is -2.06. The van der Waals surface area contributed by atoms with Crippen LogP contribution in [0.4, 0.5) is 11.4 Å². The van der Waals surface area contributed by atoms with Gasteiger partial charge in [0.05, 0.1) is 15.5 Å². The van der Waals surface area contributed by atoms with Gasteiger partial charge in [0, 0.05) is 6.07 Å². The van der Waals surface area contributed by atoms with Crippen molar-refractivity contribution in [2.24, 2.45) is 0 Å². The minimum Gasteiger partial charge on any atom is -0.501 e. The maximum Gasteiger partial charge on any atom is 0.314 e. The van der Waals surface area contributed by atoms with Gasteiger partial charge >= 0.3 is 5.69 Å². The van der Waals surface area contributed by atoms with E-state index in [-0.39, 0.29) is 0 Å². The zero-order valence-corrected chi connectivity index (χ0v) is 9.20. The van der Waals surface area contributed by atoms with Gasteiger partial charge in [0.15, 0.2) is 10.0 Å². The van der Waals surface area contributed by atoms with E-state index in [4.69, 9.17) is 5.73 Å². The van der Waals surface area contributed by atoms with Gasteiger partial charge in [0.1, 0.15) is 0 Å². The zero-order valence-electron chi connectivity index (χ0n) is 8.38. The van der Waals surface area contributed by atoms with Crippen molar-refractivity contribution in [1.29, 1.82) is 0 Å². The molecule has 0 aromatic heterocycles. The molecule has 0 heterocycles. The predicted octanol–water partition coefficient (Wildman–Crippen LogP) is 0.137. The van der Waals surface area contributed by atoms with Crippen molar-refractivity contribution >= 4 is 21.4 Å². The van der Waals surface area contributed by atoms with Crippen LogP contribution in [0.1, 0.15) is 0 Å². The molecule has 0 radical (unpaired) electrons. The Balaban J connectivity index is 3.45. The van der Waals surface area contributed by atoms with E-state index in [0.717, 1.165) is 0 Å². The van der Waals surface area contributed by atoms with Crippen LogP contribution in [0.25, 0.3) is 4.83 Å². The molecule has 3 N–H and O–H groups in total. The van der Waals surface area contributed by atoms with Crippen LogP contribution in [0, 0.1) is 20.2 Å². The number of hydrogen-bond acceptors (Lipinski definition) is 8. The third kappa shape index (κ3) is 2.54. The minimum atomic E-state index is -4.72. The molecule has 0 fully saturated rings. The summed E-state index contributed by atoms with van der Waals surface area (Å²) in [5.74, 6) is -0.931. The second kappa shape index (κ2) is 4.33. The van der Waals surface area contributed by atoms with Crippen LogP contribution in [0.15, 0.2) is 17.0 Å². The highest BCUT2D eigenvalue weighted by atomic mass is 32.2. The third-order valence-electron chi connectivity index (χ3n) is 1.76. The first-order chi connectivity index (χ1) is 8.15. The average Bonchev–Trinajstić information content (AvgIpc) is 2.19. The van der Waals surface area contributed by atoms with E-state index in [2.05, 4.69) is 4.83 Å². The summed E-state index contributed by atoms with van der Waals surface area (Å²) in [5.41, 5.74) is 3.55. The predicted molar refractivity (Wildman–Crippen MR) is 56.7 cm³/mol. The number of sulfonamides is 1. The summed E-state index contributed by atoms with van der Waals surface area (Å²) in [7, 11) is -4.72. The van der Waals surface area contributed by atoms with Crippen molar-refractivity contribution < 1.29 is 23.5 Å². The first kappa shape index (κ1) is 13.4. The van der Waals surface area contributed by atoms with Gasteiger partial charge in [0.25, 0.3) is 0 Å². The summed E-state index contributed by atoms with van der Waals surface area (Å²) >= 11 is 0. The molecule has 0 bridgehead atoms. The van der Waals surface area contributed by atoms with Gasteiger partial charge in [-0.1, -0.05) is 0 Å². The Labute approximate surface area is 99.2 Å². The van der Waals surface area contributed by atoms with E-state index in [9.17, 15) is 33.8 Å². The molecule has 98 valence electrons. The fourth-order valence-electron chi connectivity index (χ4n) is 1.04. The van der Waals surface area contributed by atoms with Crippen LogP contribution in [-0.2, 0) is 10.0 Å². The molecule has 12 heteroatoms. The number of aromatic hydroxyl groups is 1. The van der Waals surface area contributed by atoms with Gasteiger partial charge in [-0.15, -0.1) is 0 Å². The Morgan fingerprint density at radius 1 is 1.28 bits per heavy atom. The molecule has 18 heavy (non-hydrogen) atoms. The number of anilines is 1. The Kier molecular flexibility index (Phi) is 3.23. The van der Waals surface area contributed by atoms with Crippen molar-refractivity contribution in [3.8, 4) is 5.75 Å². The smallest absolute Gasteiger partial charge is 0.314 e. The first-order valence-corrected chi connectivity index (χ1v) is 5.48. The molecule has 0 unspecified atom stereocenters. The van der Waals surface area contributed by atoms with Crippen LogP contribution in [0.2, 0.25) is 0 Å². The second-order valence-corrected chi connectivity index (χ2v) is 4.52. The van der Waals surface area contributed by atoms with Crippen molar-refractivity contribution in [1.82, 2.24) is 0 Å². The van der Waals surface area contributed by atoms with Gasteiger partial charge < -0.3 is 10.8 Å². The maximum absolute atomic E-state index is 11.3. The standard InChI is InChI=1S/C6H5N4O7S/c7-4-1-3(18(16,17)8-10(14)15)2-5(6(4)11)9(12)13/h1-2,11H,7H2/q-1. The Morgan fingerprint density at radius 2 is 1.83 bits per heavy atom. The summed E-state index contributed by atoms with van der Waals surface area (Å²) in [4.78, 5) is 20.7. The minimum absolute atomic E-state index is 0.425. The number of nitro benzene ring substituents is 1. The van der Waals surface area contributed by atoms with Crippen molar-refractivity contribution in [3.63, 3.8) is 0 Å². The van der Waals surface area contributed by atoms with Gasteiger partial charge in [-0.2, -0.15) is 0 Å². The molecule has 1 aromatic rings. The summed E-state index contributed by atoms with van der Waals surface area (Å²) in [6.07, 6.45) is 0. The number of nitro groups is 2. The molecule has 1 rings (SSSR count). The Hall–Kier alpha value is -2.63. The molecular formula is C6H5N4O7S-. The molecule has 0 amide bonds. The van der Waals surface area contributed by atoms with E-state index in [1.807, 2.05) is 0 Å². The van der Waals surface area contributed by atoms with Crippen LogP contribution in [-0.4, -0.2) is 23.5 Å². The normalized spacial score (nSPS) is 10.9. The van der Waals surface area contributed by atoms with Crippen molar-refractivity contribution in [3.05, 3.63) is 37.2 Å². The zero-order chi connectivity index (χ0) is 14.1. The molecule has 0 saturated heterocycles. The van der Waals surface area contributed by atoms with Crippen molar-refractivity contribution in [2.45, 2.75) is 4.90 Å².